The fraction of sp³-hybridized carbons (Fsp3) is 0.348. The summed E-state index contributed by atoms with van der Waals surface area (Å²) in [6, 6.07) is 15.3. The lowest BCUT2D eigenvalue weighted by atomic mass is 10.1. The van der Waals surface area contributed by atoms with Crippen molar-refractivity contribution in [3.05, 3.63) is 65.4 Å². The van der Waals surface area contributed by atoms with Crippen molar-refractivity contribution in [1.82, 2.24) is 9.88 Å². The van der Waals surface area contributed by atoms with Crippen LogP contribution in [0.15, 0.2) is 48.7 Å². The highest BCUT2D eigenvalue weighted by atomic mass is 16.1. The molecule has 4 heteroatoms. The number of fused-ring (bicyclic) bond motifs is 1. The number of hydrogen-bond donors (Lipinski definition) is 1. The van der Waals surface area contributed by atoms with Gasteiger partial charge in [-0.2, -0.15) is 0 Å². The van der Waals surface area contributed by atoms with Crippen LogP contribution in [-0.4, -0.2) is 47.9 Å². The van der Waals surface area contributed by atoms with Crippen LogP contribution in [0.3, 0.4) is 0 Å². The van der Waals surface area contributed by atoms with Crippen molar-refractivity contribution < 1.29 is 4.79 Å². The lowest BCUT2D eigenvalue weighted by Gasteiger charge is -2.41. The molecule has 0 spiro atoms. The number of aryl methyl sites for hydroxylation is 2. The first-order valence-corrected chi connectivity index (χ1v) is 9.68. The Hall–Kier alpha value is -2.59. The number of aromatic amines is 1. The van der Waals surface area contributed by atoms with Gasteiger partial charge in [0.05, 0.1) is 6.54 Å². The number of benzene rings is 2. The molecule has 27 heavy (non-hydrogen) atoms. The summed E-state index contributed by atoms with van der Waals surface area (Å²) in [5.74, 6) is 0.197. The molecule has 0 saturated carbocycles. The quantitative estimate of drug-likeness (QED) is 0.709. The highest BCUT2D eigenvalue weighted by Crippen LogP contribution is 2.23. The number of Topliss-reactive ketones (excluding diaryl/α,β-unsaturated/α-hetero) is 1. The van der Waals surface area contributed by atoms with Gasteiger partial charge in [-0.1, -0.05) is 23.8 Å². The number of nitrogens with one attached hydrogen (secondary N) is 1. The smallest absolute Gasteiger partial charge is 0.178 e. The van der Waals surface area contributed by atoms with Crippen LogP contribution in [0.25, 0.3) is 10.9 Å². The van der Waals surface area contributed by atoms with Crippen LogP contribution in [0.5, 0.6) is 0 Å². The number of ketones is 1. The molecule has 140 valence electrons. The van der Waals surface area contributed by atoms with E-state index in [1.54, 1.807) is 0 Å². The summed E-state index contributed by atoms with van der Waals surface area (Å²) >= 11 is 0. The molecule has 0 aliphatic carbocycles. The summed E-state index contributed by atoms with van der Waals surface area (Å²) in [6.07, 6.45) is 1.86. The largest absolute Gasteiger partial charge is 0.366 e. The lowest BCUT2D eigenvalue weighted by molar-refractivity contribution is 0.0919. The van der Waals surface area contributed by atoms with E-state index >= 15 is 0 Å². The number of carbonyl (C=O) groups excluding carboxylic acids is 1. The third-order valence-electron chi connectivity index (χ3n) is 5.55. The number of H-pyrrole nitrogens is 1. The summed E-state index contributed by atoms with van der Waals surface area (Å²) in [6.45, 7) is 9.68. The van der Waals surface area contributed by atoms with Crippen LogP contribution < -0.4 is 4.90 Å². The van der Waals surface area contributed by atoms with Gasteiger partial charge in [0.25, 0.3) is 0 Å². The minimum Gasteiger partial charge on any atom is -0.366 e. The summed E-state index contributed by atoms with van der Waals surface area (Å²) in [7, 11) is 0. The van der Waals surface area contributed by atoms with E-state index < -0.39 is 0 Å². The van der Waals surface area contributed by atoms with Gasteiger partial charge < -0.3 is 9.88 Å². The van der Waals surface area contributed by atoms with Gasteiger partial charge >= 0.3 is 0 Å². The first-order chi connectivity index (χ1) is 13.0. The third kappa shape index (κ3) is 3.62. The van der Waals surface area contributed by atoms with Crippen LogP contribution in [0.2, 0.25) is 0 Å². The van der Waals surface area contributed by atoms with Gasteiger partial charge in [0.2, 0.25) is 0 Å². The molecule has 1 fully saturated rings. The van der Waals surface area contributed by atoms with Crippen LogP contribution in [0, 0.1) is 13.8 Å². The number of rotatable bonds is 4. The van der Waals surface area contributed by atoms with Gasteiger partial charge in [0, 0.05) is 54.0 Å². The average Bonchev–Trinajstić information content (AvgIpc) is 3.05. The van der Waals surface area contributed by atoms with Crippen molar-refractivity contribution >= 4 is 22.4 Å². The van der Waals surface area contributed by atoms with Crippen molar-refractivity contribution in [2.75, 3.05) is 31.1 Å². The van der Waals surface area contributed by atoms with E-state index in [0.29, 0.717) is 12.6 Å². The number of aromatic nitrogens is 1. The van der Waals surface area contributed by atoms with E-state index in [9.17, 15) is 4.79 Å². The van der Waals surface area contributed by atoms with Crippen molar-refractivity contribution in [2.45, 2.75) is 26.8 Å². The zero-order valence-corrected chi connectivity index (χ0v) is 16.3. The molecule has 1 aliphatic rings. The molecule has 1 aromatic heterocycles. The molecule has 3 aromatic rings. The highest BCUT2D eigenvalue weighted by Gasteiger charge is 2.26. The number of carbonyl (C=O) groups is 1. The molecule has 4 nitrogen and oxygen atoms in total. The van der Waals surface area contributed by atoms with Gasteiger partial charge in [-0.3, -0.25) is 9.69 Å². The molecule has 0 amide bonds. The molecule has 1 atom stereocenters. The zero-order valence-electron chi connectivity index (χ0n) is 16.3. The third-order valence-corrected chi connectivity index (χ3v) is 5.55. The topological polar surface area (TPSA) is 39.3 Å². The van der Waals surface area contributed by atoms with E-state index in [0.717, 1.165) is 36.1 Å². The molecule has 2 aromatic carbocycles. The molecule has 0 radical (unpaired) electrons. The second-order valence-electron chi connectivity index (χ2n) is 7.79. The van der Waals surface area contributed by atoms with Crippen molar-refractivity contribution in [3.63, 3.8) is 0 Å². The predicted molar refractivity (Wildman–Crippen MR) is 112 cm³/mol. The predicted octanol–water partition coefficient (Wildman–Crippen LogP) is 4.18. The standard InChI is InChI=1S/C23H27N3O/c1-16-5-4-6-19(11-16)26-10-9-25(14-18(26)3)15-23(27)21-13-24-22-8-7-17(2)12-20(21)22/h4-8,11-13,18,24H,9-10,14-15H2,1-3H3/t18-/m1/s1. The van der Waals surface area contributed by atoms with Crippen LogP contribution >= 0.6 is 0 Å². The molecule has 0 bridgehead atoms. The van der Waals surface area contributed by atoms with Crippen LogP contribution in [0.4, 0.5) is 5.69 Å². The van der Waals surface area contributed by atoms with Gasteiger partial charge in [0.15, 0.2) is 5.78 Å². The maximum absolute atomic E-state index is 12.9. The molecular weight excluding hydrogens is 334 g/mol. The molecule has 1 N–H and O–H groups in total. The summed E-state index contributed by atoms with van der Waals surface area (Å²) in [4.78, 5) is 20.9. The second kappa shape index (κ2) is 7.20. The number of hydrogen-bond acceptors (Lipinski definition) is 3. The molecule has 4 rings (SSSR count). The highest BCUT2D eigenvalue weighted by molar-refractivity contribution is 6.08. The van der Waals surface area contributed by atoms with Crippen molar-refractivity contribution in [1.29, 1.82) is 0 Å². The first kappa shape index (κ1) is 17.8. The lowest BCUT2D eigenvalue weighted by Crippen LogP contribution is -2.53. The Morgan fingerprint density at radius 1 is 1.11 bits per heavy atom. The Kier molecular flexibility index (Phi) is 4.75. The molecule has 1 aliphatic heterocycles. The minimum atomic E-state index is 0.197. The average molecular weight is 361 g/mol. The SMILES string of the molecule is Cc1cccc(N2CCN(CC(=O)c3c[nH]c4ccc(C)cc34)C[C@H]2C)c1. The van der Waals surface area contributed by atoms with E-state index in [1.165, 1.54) is 16.8 Å². The van der Waals surface area contributed by atoms with Gasteiger partial charge in [-0.15, -0.1) is 0 Å². The Labute approximate surface area is 160 Å². The number of piperazine rings is 1. The van der Waals surface area contributed by atoms with Crippen molar-refractivity contribution in [2.24, 2.45) is 0 Å². The summed E-state index contributed by atoms with van der Waals surface area (Å²) in [5, 5.41) is 1.03. The van der Waals surface area contributed by atoms with E-state index in [2.05, 4.69) is 72.0 Å². The molecule has 2 heterocycles. The van der Waals surface area contributed by atoms with E-state index in [-0.39, 0.29) is 5.78 Å². The van der Waals surface area contributed by atoms with E-state index in [4.69, 9.17) is 0 Å². The Balaban J connectivity index is 1.45. The molecule has 1 saturated heterocycles. The molecule has 0 unspecified atom stereocenters. The van der Waals surface area contributed by atoms with Crippen molar-refractivity contribution in [3.8, 4) is 0 Å². The monoisotopic (exact) mass is 361 g/mol. The summed E-state index contributed by atoms with van der Waals surface area (Å²) < 4.78 is 0. The first-order valence-electron chi connectivity index (χ1n) is 9.68. The Morgan fingerprint density at radius 3 is 2.70 bits per heavy atom. The van der Waals surface area contributed by atoms with Crippen LogP contribution in [0.1, 0.15) is 28.4 Å². The van der Waals surface area contributed by atoms with Crippen LogP contribution in [-0.2, 0) is 0 Å². The van der Waals surface area contributed by atoms with Gasteiger partial charge in [-0.25, -0.2) is 0 Å². The number of nitrogens with zero attached hydrogens (tertiary/aromatic N) is 2. The normalized spacial score (nSPS) is 18.2. The maximum Gasteiger partial charge on any atom is 0.178 e. The van der Waals surface area contributed by atoms with E-state index in [1.807, 2.05) is 12.3 Å². The fourth-order valence-electron chi connectivity index (χ4n) is 4.12. The second-order valence-corrected chi connectivity index (χ2v) is 7.79. The minimum absolute atomic E-state index is 0.197. The Morgan fingerprint density at radius 2 is 1.93 bits per heavy atom. The Bertz CT molecular complexity index is 975. The number of anilines is 1. The maximum atomic E-state index is 12.9. The fourth-order valence-corrected chi connectivity index (χ4v) is 4.12. The zero-order chi connectivity index (χ0) is 19.0. The summed E-state index contributed by atoms with van der Waals surface area (Å²) in [5.41, 5.74) is 5.58. The van der Waals surface area contributed by atoms with Gasteiger partial charge in [0.1, 0.15) is 0 Å². The molecular formula is C23H27N3O. The van der Waals surface area contributed by atoms with Gasteiger partial charge in [-0.05, 0) is 50.6 Å².